The van der Waals surface area contributed by atoms with Crippen molar-refractivity contribution in [3.8, 4) is 5.75 Å². The molecule has 1 fully saturated rings. The van der Waals surface area contributed by atoms with Crippen LogP contribution in [0.5, 0.6) is 5.75 Å². The molecule has 2 aromatic carbocycles. The molecule has 6 atom stereocenters. The molecule has 2 aliphatic rings. The maximum absolute atomic E-state index is 14.0. The Bertz CT molecular complexity index is 1970. The van der Waals surface area contributed by atoms with E-state index in [2.05, 4.69) is 46.9 Å². The van der Waals surface area contributed by atoms with Crippen molar-refractivity contribution in [2.75, 3.05) is 13.2 Å². The van der Waals surface area contributed by atoms with E-state index in [0.717, 1.165) is 10.9 Å². The van der Waals surface area contributed by atoms with E-state index in [1.54, 1.807) is 12.3 Å². The number of carbonyl (C=O) groups is 7. The van der Waals surface area contributed by atoms with Gasteiger partial charge < -0.3 is 52.8 Å². The van der Waals surface area contributed by atoms with Gasteiger partial charge in [0, 0.05) is 49.0 Å². The molecule has 3 aromatic rings. The third-order valence-electron chi connectivity index (χ3n) is 9.00. The minimum Gasteiger partial charge on any atom is -0.508 e. The number of H-pyrrole nitrogens is 1. The van der Waals surface area contributed by atoms with Crippen LogP contribution in [0.4, 0.5) is 0 Å². The molecule has 6 unspecified atom stereocenters. The van der Waals surface area contributed by atoms with Gasteiger partial charge in [-0.2, -0.15) is 0 Å². The van der Waals surface area contributed by atoms with Crippen molar-refractivity contribution in [3.05, 3.63) is 65.9 Å². The van der Waals surface area contributed by atoms with Crippen molar-refractivity contribution in [1.82, 2.24) is 36.9 Å². The molecule has 5 rings (SSSR count). The van der Waals surface area contributed by atoms with E-state index in [4.69, 9.17) is 5.73 Å². The second-order valence-electron chi connectivity index (χ2n) is 13.1. The van der Waals surface area contributed by atoms with Crippen LogP contribution in [0.25, 0.3) is 10.9 Å². The minimum absolute atomic E-state index is 0.0262. The topological polar surface area (TPSA) is 299 Å². The maximum atomic E-state index is 14.0. The summed E-state index contributed by atoms with van der Waals surface area (Å²) in [7, 11) is 0. The van der Waals surface area contributed by atoms with Gasteiger partial charge in [0.2, 0.25) is 41.4 Å². The number of phenols is 1. The van der Waals surface area contributed by atoms with Crippen LogP contribution in [0.1, 0.15) is 30.4 Å². The predicted octanol–water partition coefficient (Wildman–Crippen LogP) is -2.66. The first-order chi connectivity index (χ1) is 26.4. The molecule has 19 heteroatoms. The molecule has 19 nitrogen and oxygen atoms in total. The fourth-order valence-electron chi connectivity index (χ4n) is 6.09. The summed E-state index contributed by atoms with van der Waals surface area (Å²) in [6.45, 7) is -1.43. The highest BCUT2D eigenvalue weighted by Gasteiger charge is 2.35. The SMILES string of the molecule is NC(=O)CNC(=O)C(Cc1ccc(O)cc1)NC(=O)C(CO)NC(=O)C(Cc1c[nH]c2ccccc12)NC(=O)C(CC1C=NC=N1)NC(=O)C1CCC(=O)N1. The fourth-order valence-corrected chi connectivity index (χ4v) is 6.09. The molecule has 1 aromatic heterocycles. The molecule has 0 radical (unpaired) electrons. The summed E-state index contributed by atoms with van der Waals surface area (Å²) in [4.78, 5) is 102. The van der Waals surface area contributed by atoms with E-state index in [9.17, 15) is 43.8 Å². The monoisotopic (exact) mass is 758 g/mol. The second kappa shape index (κ2) is 18.4. The number of para-hydroxylation sites is 1. The van der Waals surface area contributed by atoms with Crippen LogP contribution < -0.4 is 37.6 Å². The smallest absolute Gasteiger partial charge is 0.245 e. The van der Waals surface area contributed by atoms with E-state index in [-0.39, 0.29) is 43.8 Å². The minimum atomic E-state index is -1.62. The zero-order valence-electron chi connectivity index (χ0n) is 29.5. The Morgan fingerprint density at radius 1 is 0.855 bits per heavy atom. The molecule has 3 heterocycles. The number of aliphatic imine (C=N–C) groups is 2. The molecule has 0 spiro atoms. The number of aromatic nitrogens is 1. The van der Waals surface area contributed by atoms with Crippen LogP contribution in [0.2, 0.25) is 0 Å². The average Bonchev–Trinajstić information content (AvgIpc) is 3.94. The Labute approximate surface area is 314 Å². The van der Waals surface area contributed by atoms with E-state index in [1.807, 2.05) is 18.2 Å². The quantitative estimate of drug-likeness (QED) is 0.0647. The third-order valence-corrected chi connectivity index (χ3v) is 9.00. The van der Waals surface area contributed by atoms with Gasteiger partial charge in [-0.15, -0.1) is 0 Å². The molecule has 0 aliphatic carbocycles. The average molecular weight is 759 g/mol. The van der Waals surface area contributed by atoms with Crippen LogP contribution in [0.15, 0.2) is 64.7 Å². The van der Waals surface area contributed by atoms with Gasteiger partial charge in [-0.25, -0.2) is 4.99 Å². The molecule has 2 aliphatic heterocycles. The molecule has 0 bridgehead atoms. The lowest BCUT2D eigenvalue weighted by molar-refractivity contribution is -0.135. The summed E-state index contributed by atoms with van der Waals surface area (Å²) < 4.78 is 0. The van der Waals surface area contributed by atoms with Crippen LogP contribution >= 0.6 is 0 Å². The van der Waals surface area contributed by atoms with Gasteiger partial charge >= 0.3 is 0 Å². The van der Waals surface area contributed by atoms with Gasteiger partial charge in [0.15, 0.2) is 0 Å². The van der Waals surface area contributed by atoms with Gasteiger partial charge in [0.1, 0.15) is 42.3 Å². The van der Waals surface area contributed by atoms with Gasteiger partial charge in [0.05, 0.1) is 19.2 Å². The lowest BCUT2D eigenvalue weighted by Gasteiger charge is -2.26. The highest BCUT2D eigenvalue weighted by atomic mass is 16.3. The van der Waals surface area contributed by atoms with Crippen LogP contribution in [-0.4, -0.2) is 119 Å². The van der Waals surface area contributed by atoms with Crippen molar-refractivity contribution >= 4 is 64.8 Å². The summed E-state index contributed by atoms with van der Waals surface area (Å²) >= 11 is 0. The Morgan fingerprint density at radius 2 is 1.53 bits per heavy atom. The largest absolute Gasteiger partial charge is 0.508 e. The Balaban J connectivity index is 1.35. The number of nitrogens with zero attached hydrogens (tertiary/aromatic N) is 2. The van der Waals surface area contributed by atoms with E-state index in [1.165, 1.54) is 36.8 Å². The summed E-state index contributed by atoms with van der Waals surface area (Å²) in [5.41, 5.74) is 7.07. The number of primary amides is 1. The number of amides is 7. The summed E-state index contributed by atoms with van der Waals surface area (Å²) in [6.07, 6.45) is 4.63. The first-order valence-electron chi connectivity index (χ1n) is 17.5. The number of nitrogens with one attached hydrogen (secondary N) is 7. The van der Waals surface area contributed by atoms with Crippen molar-refractivity contribution < 1.29 is 43.8 Å². The van der Waals surface area contributed by atoms with Crippen LogP contribution in [-0.2, 0) is 46.4 Å². The van der Waals surface area contributed by atoms with Crippen LogP contribution in [0, 0.1) is 0 Å². The molecule has 1 saturated heterocycles. The van der Waals surface area contributed by atoms with Crippen molar-refractivity contribution in [1.29, 1.82) is 0 Å². The van der Waals surface area contributed by atoms with Crippen molar-refractivity contribution in [2.45, 2.75) is 68.4 Å². The molecular formula is C36H42N10O9. The maximum Gasteiger partial charge on any atom is 0.245 e. The Morgan fingerprint density at radius 3 is 2.18 bits per heavy atom. The summed E-state index contributed by atoms with van der Waals surface area (Å²) in [5.74, 6) is -5.15. The predicted molar refractivity (Wildman–Crippen MR) is 197 cm³/mol. The lowest BCUT2D eigenvalue weighted by Crippen LogP contribution is -2.60. The number of hydrogen-bond acceptors (Lipinski definition) is 11. The zero-order valence-corrected chi connectivity index (χ0v) is 29.5. The van der Waals surface area contributed by atoms with Gasteiger partial charge in [-0.1, -0.05) is 30.3 Å². The third kappa shape index (κ3) is 10.9. The normalized spacial score (nSPS) is 18.1. The highest BCUT2D eigenvalue weighted by Crippen LogP contribution is 2.20. The summed E-state index contributed by atoms with van der Waals surface area (Å²) in [5, 5.41) is 35.8. The van der Waals surface area contributed by atoms with Gasteiger partial charge in [0.25, 0.3) is 0 Å². The number of benzene rings is 2. The number of aliphatic hydroxyl groups is 1. The number of aromatic hydroxyl groups is 1. The number of phenolic OH excluding ortho intramolecular Hbond substituents is 1. The number of aromatic amines is 1. The molecule has 7 amide bonds. The lowest BCUT2D eigenvalue weighted by atomic mass is 10.0. The number of fused-ring (bicyclic) bond motifs is 1. The second-order valence-corrected chi connectivity index (χ2v) is 13.1. The number of hydrogen-bond donors (Lipinski definition) is 10. The van der Waals surface area contributed by atoms with E-state index in [0.29, 0.717) is 11.1 Å². The molecule has 55 heavy (non-hydrogen) atoms. The Kier molecular flexibility index (Phi) is 13.3. The Hall–Kier alpha value is -6.63. The molecular weight excluding hydrogens is 716 g/mol. The molecule has 290 valence electrons. The zero-order chi connectivity index (χ0) is 39.5. The standard InChI is InChI=1S/C36H42N10O9/c37-30(49)16-40-32(51)26(11-19-5-7-22(48)8-6-19)43-36(55)29(17-47)46-34(53)27(12-20-14-39-24-4-2-1-3-23(20)24)44-35(54)28(13-21-15-38-18-41-21)45-33(52)25-9-10-31(50)42-25/h1-8,14-15,18,21,25-29,39,47-48H,9-13,16-17H2,(H2,37,49)(H,40,51)(H,42,50)(H,43,55)(H,44,54)(H,45,52)(H,46,53). The highest BCUT2D eigenvalue weighted by molar-refractivity contribution is 5.98. The van der Waals surface area contributed by atoms with Gasteiger partial charge in [-0.3, -0.25) is 38.6 Å². The van der Waals surface area contributed by atoms with Crippen molar-refractivity contribution in [3.63, 3.8) is 0 Å². The molecule has 11 N–H and O–H groups in total. The number of rotatable bonds is 18. The molecule has 0 saturated carbocycles. The van der Waals surface area contributed by atoms with E-state index < -0.39 is 84.8 Å². The number of nitrogens with two attached hydrogens (primary N) is 1. The van der Waals surface area contributed by atoms with Crippen LogP contribution in [0.3, 0.4) is 0 Å². The number of aliphatic hydroxyl groups excluding tert-OH is 1. The first-order valence-corrected chi connectivity index (χ1v) is 17.5. The van der Waals surface area contributed by atoms with E-state index >= 15 is 0 Å². The van der Waals surface area contributed by atoms with Crippen molar-refractivity contribution in [2.24, 2.45) is 15.7 Å². The van der Waals surface area contributed by atoms with Gasteiger partial charge in [-0.05, 0) is 35.7 Å². The number of carbonyl (C=O) groups excluding carboxylic acids is 7. The fraction of sp³-hybridized carbons (Fsp3) is 0.361. The first kappa shape index (κ1) is 39.6. The summed E-state index contributed by atoms with van der Waals surface area (Å²) in [6, 6.07) is 6.11.